The van der Waals surface area contributed by atoms with E-state index < -0.39 is 21.5 Å². The second kappa shape index (κ2) is 2.93. The summed E-state index contributed by atoms with van der Waals surface area (Å²) in [7, 11) is -3.59. The fourth-order valence-electron chi connectivity index (χ4n) is 1.19. The number of amides is 1. The van der Waals surface area contributed by atoms with Gasteiger partial charge >= 0.3 is 0 Å². The van der Waals surface area contributed by atoms with Crippen molar-refractivity contribution in [3.8, 4) is 0 Å². The number of nitrogens with zero attached hydrogens (tertiary/aromatic N) is 1. The SMILES string of the molecule is O=C1CS(=O)(=O)c2ncc(Cl)cc2N1. The summed E-state index contributed by atoms with van der Waals surface area (Å²) >= 11 is 5.61. The van der Waals surface area contributed by atoms with Crippen molar-refractivity contribution in [2.45, 2.75) is 5.03 Å². The predicted octanol–water partition coefficient (Wildman–Crippen LogP) is 0.461. The molecule has 0 unspecified atom stereocenters. The van der Waals surface area contributed by atoms with Gasteiger partial charge in [0.15, 0.2) is 5.03 Å². The van der Waals surface area contributed by atoms with E-state index >= 15 is 0 Å². The average Bonchev–Trinajstić information content (AvgIpc) is 2.00. The lowest BCUT2D eigenvalue weighted by Crippen LogP contribution is -2.30. The molecule has 0 saturated heterocycles. The first-order valence-electron chi connectivity index (χ1n) is 3.67. The molecule has 1 aromatic rings. The molecular weight excluding hydrogens is 228 g/mol. The van der Waals surface area contributed by atoms with Crippen molar-refractivity contribution in [3.05, 3.63) is 17.3 Å². The first kappa shape index (κ1) is 9.42. The van der Waals surface area contributed by atoms with E-state index in [0.717, 1.165) is 0 Å². The van der Waals surface area contributed by atoms with Gasteiger partial charge in [0.25, 0.3) is 0 Å². The molecule has 1 amide bonds. The molecule has 1 aliphatic rings. The van der Waals surface area contributed by atoms with Crippen LogP contribution in [0.2, 0.25) is 5.02 Å². The average molecular weight is 233 g/mol. The highest BCUT2D eigenvalue weighted by Crippen LogP contribution is 2.26. The lowest BCUT2D eigenvalue weighted by Gasteiger charge is -2.15. The summed E-state index contributed by atoms with van der Waals surface area (Å²) in [5.74, 6) is -1.13. The molecule has 2 rings (SSSR count). The quantitative estimate of drug-likeness (QED) is 0.705. The van der Waals surface area contributed by atoms with Crippen molar-refractivity contribution < 1.29 is 13.2 Å². The maximum atomic E-state index is 11.4. The zero-order valence-corrected chi connectivity index (χ0v) is 8.39. The van der Waals surface area contributed by atoms with Gasteiger partial charge in [0.2, 0.25) is 15.7 Å². The monoisotopic (exact) mass is 232 g/mol. The van der Waals surface area contributed by atoms with Crippen molar-refractivity contribution in [2.24, 2.45) is 0 Å². The number of carbonyl (C=O) groups is 1. The van der Waals surface area contributed by atoms with Crippen LogP contribution in [-0.4, -0.2) is 25.1 Å². The first-order chi connectivity index (χ1) is 6.49. The molecule has 0 saturated carbocycles. The van der Waals surface area contributed by atoms with Crippen LogP contribution in [0.1, 0.15) is 0 Å². The Hall–Kier alpha value is -1.14. The van der Waals surface area contributed by atoms with Crippen LogP contribution in [0.15, 0.2) is 17.3 Å². The van der Waals surface area contributed by atoms with Gasteiger partial charge in [-0.15, -0.1) is 0 Å². The lowest BCUT2D eigenvalue weighted by atomic mass is 10.4. The van der Waals surface area contributed by atoms with Gasteiger partial charge in [-0.2, -0.15) is 0 Å². The van der Waals surface area contributed by atoms with Gasteiger partial charge in [-0.25, -0.2) is 13.4 Å². The van der Waals surface area contributed by atoms with Crippen molar-refractivity contribution in [1.29, 1.82) is 0 Å². The topological polar surface area (TPSA) is 76.1 Å². The molecule has 0 aliphatic carbocycles. The highest BCUT2D eigenvalue weighted by atomic mass is 35.5. The fraction of sp³-hybridized carbons (Fsp3) is 0.143. The number of rotatable bonds is 0. The van der Waals surface area contributed by atoms with E-state index in [-0.39, 0.29) is 15.7 Å². The Kier molecular flexibility index (Phi) is 1.97. The molecule has 0 radical (unpaired) electrons. The van der Waals surface area contributed by atoms with Crippen LogP contribution in [0.4, 0.5) is 5.69 Å². The predicted molar refractivity (Wildman–Crippen MR) is 49.9 cm³/mol. The van der Waals surface area contributed by atoms with Crippen LogP contribution in [0.25, 0.3) is 0 Å². The Morgan fingerprint density at radius 2 is 2.21 bits per heavy atom. The number of sulfone groups is 1. The zero-order valence-electron chi connectivity index (χ0n) is 6.82. The van der Waals surface area contributed by atoms with Crippen LogP contribution in [0.3, 0.4) is 0 Å². The number of fused-ring (bicyclic) bond motifs is 1. The minimum Gasteiger partial charge on any atom is -0.323 e. The molecule has 0 fully saturated rings. The molecule has 5 nitrogen and oxygen atoms in total. The lowest BCUT2D eigenvalue weighted by molar-refractivity contribution is -0.114. The van der Waals surface area contributed by atoms with Gasteiger partial charge < -0.3 is 5.32 Å². The number of halogens is 1. The van der Waals surface area contributed by atoms with Crippen molar-refractivity contribution in [2.75, 3.05) is 11.1 Å². The van der Waals surface area contributed by atoms with Crippen LogP contribution < -0.4 is 5.32 Å². The normalized spacial score (nSPS) is 18.5. The van der Waals surface area contributed by atoms with E-state index in [0.29, 0.717) is 0 Å². The smallest absolute Gasteiger partial charge is 0.240 e. The van der Waals surface area contributed by atoms with Gasteiger partial charge in [0.1, 0.15) is 5.75 Å². The summed E-state index contributed by atoms with van der Waals surface area (Å²) in [5, 5.41) is 2.55. The first-order valence-corrected chi connectivity index (χ1v) is 5.70. The molecule has 2 heterocycles. The molecule has 0 spiro atoms. The Morgan fingerprint density at radius 1 is 1.50 bits per heavy atom. The van der Waals surface area contributed by atoms with Crippen LogP contribution in [0.5, 0.6) is 0 Å². The summed E-state index contributed by atoms with van der Waals surface area (Å²) in [6.07, 6.45) is 1.23. The number of nitrogens with one attached hydrogen (secondary N) is 1. The number of anilines is 1. The molecule has 0 bridgehead atoms. The van der Waals surface area contributed by atoms with E-state index in [1.165, 1.54) is 12.3 Å². The second-order valence-corrected chi connectivity index (χ2v) is 5.15. The minimum absolute atomic E-state index is 0.124. The van der Waals surface area contributed by atoms with Crippen LogP contribution >= 0.6 is 11.6 Å². The highest BCUT2D eigenvalue weighted by Gasteiger charge is 2.30. The molecule has 14 heavy (non-hydrogen) atoms. The van der Waals surface area contributed by atoms with Crippen molar-refractivity contribution >= 4 is 33.0 Å². The molecule has 7 heteroatoms. The largest absolute Gasteiger partial charge is 0.323 e. The summed E-state index contributed by atoms with van der Waals surface area (Å²) in [5.41, 5.74) is 0.147. The molecule has 1 aromatic heterocycles. The van der Waals surface area contributed by atoms with E-state index in [1.807, 2.05) is 0 Å². The third-order valence-corrected chi connectivity index (χ3v) is 3.47. The van der Waals surface area contributed by atoms with Gasteiger partial charge in [-0.05, 0) is 6.07 Å². The molecule has 74 valence electrons. The van der Waals surface area contributed by atoms with Gasteiger partial charge in [0.05, 0.1) is 10.7 Å². The van der Waals surface area contributed by atoms with E-state index in [4.69, 9.17) is 11.6 Å². The Bertz CT molecular complexity index is 512. The number of hydrogen-bond acceptors (Lipinski definition) is 4. The van der Waals surface area contributed by atoms with E-state index in [2.05, 4.69) is 10.3 Å². The van der Waals surface area contributed by atoms with Crippen LogP contribution in [0, 0.1) is 0 Å². The van der Waals surface area contributed by atoms with Gasteiger partial charge in [-0.1, -0.05) is 11.6 Å². The van der Waals surface area contributed by atoms with Gasteiger partial charge in [-0.3, -0.25) is 4.79 Å². The summed E-state index contributed by atoms with van der Waals surface area (Å²) in [6.45, 7) is 0. The Morgan fingerprint density at radius 3 is 2.93 bits per heavy atom. The zero-order chi connectivity index (χ0) is 10.3. The summed E-state index contributed by atoms with van der Waals surface area (Å²) in [6, 6.07) is 1.36. The summed E-state index contributed by atoms with van der Waals surface area (Å²) < 4.78 is 22.9. The van der Waals surface area contributed by atoms with Gasteiger partial charge in [0, 0.05) is 6.20 Å². The second-order valence-electron chi connectivity index (χ2n) is 2.81. The number of pyridine rings is 1. The fourth-order valence-corrected chi connectivity index (χ4v) is 2.56. The molecule has 0 aromatic carbocycles. The molecule has 1 N–H and O–H groups in total. The third-order valence-electron chi connectivity index (χ3n) is 1.71. The van der Waals surface area contributed by atoms with E-state index in [1.54, 1.807) is 0 Å². The Balaban J connectivity index is 2.69. The molecule has 1 aliphatic heterocycles. The Labute approximate surface area is 85.0 Å². The number of hydrogen-bond donors (Lipinski definition) is 1. The number of aromatic nitrogens is 1. The number of carbonyl (C=O) groups excluding carboxylic acids is 1. The highest BCUT2D eigenvalue weighted by molar-refractivity contribution is 7.92. The van der Waals surface area contributed by atoms with Crippen molar-refractivity contribution in [1.82, 2.24) is 4.98 Å². The standard InChI is InChI=1S/C7H5ClN2O3S/c8-4-1-5-7(9-2-4)14(12,13)3-6(11)10-5/h1-2H,3H2,(H,10,11). The maximum absolute atomic E-state index is 11.4. The van der Waals surface area contributed by atoms with E-state index in [9.17, 15) is 13.2 Å². The molecular formula is C7H5ClN2O3S. The maximum Gasteiger partial charge on any atom is 0.240 e. The summed E-state index contributed by atoms with van der Waals surface area (Å²) in [4.78, 5) is 14.7. The van der Waals surface area contributed by atoms with Crippen LogP contribution in [-0.2, 0) is 14.6 Å². The third kappa shape index (κ3) is 1.46. The minimum atomic E-state index is -3.59. The van der Waals surface area contributed by atoms with Crippen molar-refractivity contribution in [3.63, 3.8) is 0 Å². The molecule has 0 atom stereocenters.